The Morgan fingerprint density at radius 2 is 2.29 bits per heavy atom. The Hall–Kier alpha value is -1.00. The van der Waals surface area contributed by atoms with Gasteiger partial charge in [0.2, 0.25) is 0 Å². The van der Waals surface area contributed by atoms with Gasteiger partial charge in [-0.2, -0.15) is 0 Å². The third-order valence-corrected chi connectivity index (χ3v) is 3.84. The molecule has 0 aliphatic heterocycles. The van der Waals surface area contributed by atoms with E-state index >= 15 is 0 Å². The van der Waals surface area contributed by atoms with Crippen molar-refractivity contribution in [1.29, 1.82) is 0 Å². The maximum Gasteiger partial charge on any atom is 0.188 e. The van der Waals surface area contributed by atoms with Crippen LogP contribution in [0.4, 0.5) is 0 Å². The number of furan rings is 1. The monoisotopic (exact) mass is 296 g/mol. The van der Waals surface area contributed by atoms with Gasteiger partial charge in [0.25, 0.3) is 0 Å². The van der Waals surface area contributed by atoms with E-state index in [1.807, 2.05) is 6.07 Å². The fourth-order valence-corrected chi connectivity index (χ4v) is 2.79. The highest BCUT2D eigenvalue weighted by molar-refractivity contribution is 9.10. The summed E-state index contributed by atoms with van der Waals surface area (Å²) in [5.41, 5.74) is 2.15. The van der Waals surface area contributed by atoms with Gasteiger partial charge >= 0.3 is 0 Å². The summed E-state index contributed by atoms with van der Waals surface area (Å²) in [7, 11) is 1.62. The van der Waals surface area contributed by atoms with Gasteiger partial charge in [0.05, 0.1) is 16.1 Å². The van der Waals surface area contributed by atoms with Crippen LogP contribution in [0.5, 0.6) is 5.75 Å². The molecule has 0 N–H and O–H groups in total. The second kappa shape index (κ2) is 4.35. The van der Waals surface area contributed by atoms with Crippen LogP contribution >= 0.6 is 15.9 Å². The maximum absolute atomic E-state index is 5.65. The molecule has 0 atom stereocenters. The lowest BCUT2D eigenvalue weighted by Gasteiger charge is -2.11. The number of halogens is 1. The molecule has 0 saturated heterocycles. The number of rotatable bonds is 4. The summed E-state index contributed by atoms with van der Waals surface area (Å²) in [6, 6.07) is 4.03. The predicted octanol–water partition coefficient (Wildman–Crippen LogP) is 4.06. The highest BCUT2D eigenvalue weighted by Crippen LogP contribution is 2.48. The van der Waals surface area contributed by atoms with Crippen molar-refractivity contribution in [2.24, 2.45) is 0 Å². The first-order valence-corrected chi connectivity index (χ1v) is 6.42. The standard InChI is InChI=1S/C13H13BrO3/c1-15-7-17-13-9-4-5-16-11(9)6-10(12(13)14)8-2-3-8/h4-6,8H,2-3,7H2,1H3. The minimum atomic E-state index is 0.243. The Kier molecular flexibility index (Phi) is 2.84. The van der Waals surface area contributed by atoms with Crippen molar-refractivity contribution in [3.63, 3.8) is 0 Å². The molecular formula is C13H13BrO3. The van der Waals surface area contributed by atoms with Gasteiger partial charge in [-0.05, 0) is 52.4 Å². The van der Waals surface area contributed by atoms with Gasteiger partial charge in [-0.25, -0.2) is 0 Å². The molecule has 3 nitrogen and oxygen atoms in total. The first-order valence-electron chi connectivity index (χ1n) is 5.62. The van der Waals surface area contributed by atoms with E-state index in [0.29, 0.717) is 5.92 Å². The number of ether oxygens (including phenoxy) is 2. The molecule has 17 heavy (non-hydrogen) atoms. The average Bonchev–Trinajstić information content (AvgIpc) is 3.06. The van der Waals surface area contributed by atoms with E-state index < -0.39 is 0 Å². The number of fused-ring (bicyclic) bond motifs is 1. The van der Waals surface area contributed by atoms with Crippen molar-refractivity contribution in [2.75, 3.05) is 13.9 Å². The second-order valence-electron chi connectivity index (χ2n) is 4.27. The van der Waals surface area contributed by atoms with Gasteiger partial charge in [0, 0.05) is 7.11 Å². The number of benzene rings is 1. The molecule has 3 rings (SSSR count). The van der Waals surface area contributed by atoms with Crippen molar-refractivity contribution in [3.8, 4) is 5.75 Å². The summed E-state index contributed by atoms with van der Waals surface area (Å²) in [5, 5.41) is 0.985. The molecule has 1 aliphatic carbocycles. The molecule has 0 unspecified atom stereocenters. The molecule has 4 heteroatoms. The molecule has 0 bridgehead atoms. The Bertz CT molecular complexity index is 543. The molecule has 0 radical (unpaired) electrons. The maximum atomic E-state index is 5.65. The molecule has 1 aliphatic rings. The van der Waals surface area contributed by atoms with Crippen LogP contribution in [0.15, 0.2) is 27.3 Å². The van der Waals surface area contributed by atoms with Crippen LogP contribution in [-0.2, 0) is 4.74 Å². The smallest absolute Gasteiger partial charge is 0.188 e. The molecule has 1 aromatic carbocycles. The van der Waals surface area contributed by atoms with Gasteiger partial charge in [-0.1, -0.05) is 0 Å². The number of hydrogen-bond donors (Lipinski definition) is 0. The first-order chi connectivity index (χ1) is 8.31. The van der Waals surface area contributed by atoms with Gasteiger partial charge in [0.15, 0.2) is 6.79 Å². The zero-order valence-electron chi connectivity index (χ0n) is 9.53. The zero-order chi connectivity index (χ0) is 11.8. The number of methoxy groups -OCH3 is 1. The van der Waals surface area contributed by atoms with Crippen LogP contribution in [-0.4, -0.2) is 13.9 Å². The Morgan fingerprint density at radius 1 is 1.47 bits per heavy atom. The van der Waals surface area contributed by atoms with E-state index in [1.165, 1.54) is 18.4 Å². The van der Waals surface area contributed by atoms with Crippen molar-refractivity contribution in [1.82, 2.24) is 0 Å². The van der Waals surface area contributed by atoms with E-state index in [-0.39, 0.29) is 6.79 Å². The predicted molar refractivity (Wildman–Crippen MR) is 68.4 cm³/mol. The van der Waals surface area contributed by atoms with Crippen LogP contribution in [0.25, 0.3) is 11.0 Å². The fraction of sp³-hybridized carbons (Fsp3) is 0.385. The first kappa shape index (κ1) is 11.1. The van der Waals surface area contributed by atoms with Crippen LogP contribution in [0.2, 0.25) is 0 Å². The van der Waals surface area contributed by atoms with Gasteiger partial charge in [-0.15, -0.1) is 0 Å². The van der Waals surface area contributed by atoms with Crippen LogP contribution in [0.3, 0.4) is 0 Å². The molecule has 1 saturated carbocycles. The van der Waals surface area contributed by atoms with Crippen molar-refractivity contribution in [3.05, 3.63) is 28.4 Å². The van der Waals surface area contributed by atoms with Crippen LogP contribution in [0, 0.1) is 0 Å². The quantitative estimate of drug-likeness (QED) is 0.798. The normalized spacial score (nSPS) is 15.4. The van der Waals surface area contributed by atoms with E-state index in [9.17, 15) is 0 Å². The minimum absolute atomic E-state index is 0.243. The molecule has 0 spiro atoms. The summed E-state index contributed by atoms with van der Waals surface area (Å²) in [6.07, 6.45) is 4.18. The molecule has 1 fully saturated rings. The average molecular weight is 297 g/mol. The second-order valence-corrected chi connectivity index (χ2v) is 5.06. The molecule has 90 valence electrons. The lowest BCUT2D eigenvalue weighted by atomic mass is 10.1. The van der Waals surface area contributed by atoms with Crippen LogP contribution in [0.1, 0.15) is 24.3 Å². The Balaban J connectivity index is 2.13. The summed E-state index contributed by atoms with van der Waals surface area (Å²) < 4.78 is 17.1. The summed E-state index contributed by atoms with van der Waals surface area (Å²) >= 11 is 3.64. The van der Waals surface area contributed by atoms with Crippen LogP contribution < -0.4 is 4.74 Å². The summed E-state index contributed by atoms with van der Waals surface area (Å²) in [5.74, 6) is 1.46. The van der Waals surface area contributed by atoms with Gasteiger partial charge in [0.1, 0.15) is 11.3 Å². The Labute approximate surface area is 108 Å². The summed E-state index contributed by atoms with van der Waals surface area (Å²) in [6.45, 7) is 0.243. The summed E-state index contributed by atoms with van der Waals surface area (Å²) in [4.78, 5) is 0. The molecule has 0 amide bonds. The Morgan fingerprint density at radius 3 is 3.00 bits per heavy atom. The van der Waals surface area contributed by atoms with E-state index in [4.69, 9.17) is 13.9 Å². The van der Waals surface area contributed by atoms with E-state index in [2.05, 4.69) is 22.0 Å². The molecular weight excluding hydrogens is 284 g/mol. The fourth-order valence-electron chi connectivity index (χ4n) is 2.02. The van der Waals surface area contributed by atoms with Gasteiger partial charge in [-0.3, -0.25) is 0 Å². The number of hydrogen-bond acceptors (Lipinski definition) is 3. The lowest BCUT2D eigenvalue weighted by Crippen LogP contribution is -2.01. The largest absolute Gasteiger partial charge is 0.466 e. The third kappa shape index (κ3) is 1.96. The third-order valence-electron chi connectivity index (χ3n) is 3.02. The highest BCUT2D eigenvalue weighted by Gasteiger charge is 2.28. The zero-order valence-corrected chi connectivity index (χ0v) is 11.1. The molecule has 1 aromatic heterocycles. The topological polar surface area (TPSA) is 31.6 Å². The van der Waals surface area contributed by atoms with Crippen molar-refractivity contribution >= 4 is 26.9 Å². The van der Waals surface area contributed by atoms with E-state index in [0.717, 1.165) is 21.2 Å². The minimum Gasteiger partial charge on any atom is -0.466 e. The molecule has 2 aromatic rings. The van der Waals surface area contributed by atoms with E-state index in [1.54, 1.807) is 13.4 Å². The molecule has 1 heterocycles. The van der Waals surface area contributed by atoms with Crippen molar-refractivity contribution in [2.45, 2.75) is 18.8 Å². The highest BCUT2D eigenvalue weighted by atomic mass is 79.9. The van der Waals surface area contributed by atoms with Crippen molar-refractivity contribution < 1.29 is 13.9 Å². The SMILES string of the molecule is COCOc1c(Br)c(C2CC2)cc2occc12. The van der Waals surface area contributed by atoms with Gasteiger partial charge < -0.3 is 13.9 Å². The lowest BCUT2D eigenvalue weighted by molar-refractivity contribution is 0.0516.